The molecule has 1 aliphatic carbocycles. The third kappa shape index (κ3) is 5.00. The standard InChI is InChI=1S/C27H39BN2O/c1-7-27(26-18-23(31-6)12-13-25(26)20(3)28)14-16-30(17-15-27)22(5)29-21(4)24-11-9-8-10-19(24)2/h12-13,18,28-29H,4-5,7-11,14-17H2,1-3,6H3. The van der Waals surface area contributed by atoms with E-state index in [1.807, 2.05) is 6.07 Å². The van der Waals surface area contributed by atoms with Gasteiger partial charge in [0.25, 0.3) is 0 Å². The molecule has 166 valence electrons. The van der Waals surface area contributed by atoms with Gasteiger partial charge in [0.05, 0.1) is 0 Å². The second-order valence-electron chi connectivity index (χ2n) is 9.33. The summed E-state index contributed by atoms with van der Waals surface area (Å²) < 4.78 is 5.56. The number of nitrogens with zero attached hydrogens (tertiary/aromatic N) is 1. The van der Waals surface area contributed by atoms with Crippen LogP contribution in [0, 0.1) is 0 Å². The fourth-order valence-electron chi connectivity index (χ4n) is 5.27. The van der Waals surface area contributed by atoms with E-state index in [0.717, 1.165) is 61.5 Å². The molecule has 1 N–H and O–H groups in total. The van der Waals surface area contributed by atoms with Crippen LogP contribution >= 0.6 is 0 Å². The van der Waals surface area contributed by atoms with Crippen LogP contribution < -0.4 is 10.1 Å². The first-order valence-electron chi connectivity index (χ1n) is 11.7. The van der Waals surface area contributed by atoms with Crippen LogP contribution in [0.5, 0.6) is 5.75 Å². The summed E-state index contributed by atoms with van der Waals surface area (Å²) in [4.78, 5) is 2.39. The van der Waals surface area contributed by atoms with Gasteiger partial charge in [-0.1, -0.05) is 0 Å². The summed E-state index contributed by atoms with van der Waals surface area (Å²) in [6.45, 7) is 17.3. The van der Waals surface area contributed by atoms with E-state index in [4.69, 9.17) is 4.74 Å². The summed E-state index contributed by atoms with van der Waals surface area (Å²) in [6.07, 6.45) is 8.16. The number of allylic oxidation sites excluding steroid dienone is 2. The number of likely N-dealkylation sites (tertiary alicyclic amines) is 1. The molecule has 3 rings (SSSR count). The molecule has 0 bridgehead atoms. The predicted molar refractivity (Wildman–Crippen MR) is 135 cm³/mol. The Morgan fingerprint density at radius 1 is 1.19 bits per heavy atom. The van der Waals surface area contributed by atoms with E-state index in [2.05, 4.69) is 63.8 Å². The number of rotatable bonds is 8. The van der Waals surface area contributed by atoms with Crippen molar-refractivity contribution in [3.8, 4) is 5.75 Å². The first kappa shape index (κ1) is 23.4. The Bertz CT molecular complexity index is 890. The van der Waals surface area contributed by atoms with Gasteiger partial charge < -0.3 is 0 Å². The summed E-state index contributed by atoms with van der Waals surface area (Å²) in [5.74, 6) is 1.90. The molecule has 1 heterocycles. The molecule has 1 aromatic carbocycles. The van der Waals surface area contributed by atoms with E-state index in [9.17, 15) is 0 Å². The molecule has 0 unspecified atom stereocenters. The second-order valence-corrected chi connectivity index (χ2v) is 9.33. The summed E-state index contributed by atoms with van der Waals surface area (Å²) in [7, 11) is 5.98. The summed E-state index contributed by atoms with van der Waals surface area (Å²) in [5, 5.41) is 3.53. The monoisotopic (exact) mass is 418 g/mol. The van der Waals surface area contributed by atoms with Crippen molar-refractivity contribution in [3.05, 3.63) is 65.1 Å². The third-order valence-corrected chi connectivity index (χ3v) is 7.44. The molecule has 1 aliphatic heterocycles. The van der Waals surface area contributed by atoms with Gasteiger partial charge in [-0.05, 0) is 26.2 Å². The summed E-state index contributed by atoms with van der Waals surface area (Å²) in [6, 6.07) is 6.45. The Labute approximate surface area is 190 Å². The molecule has 0 aromatic heterocycles. The Morgan fingerprint density at radius 3 is 2.45 bits per heavy atom. The Balaban J connectivity index is 1.73. The van der Waals surface area contributed by atoms with Gasteiger partial charge >= 0.3 is 164 Å². The van der Waals surface area contributed by atoms with Crippen LogP contribution in [-0.4, -0.2) is 38.1 Å². The minimum absolute atomic E-state index is 0.138. The molecule has 3 nitrogen and oxygen atoms in total. The van der Waals surface area contributed by atoms with Crippen molar-refractivity contribution in [1.82, 2.24) is 10.2 Å². The Hall–Kier alpha value is -2.23. The molecule has 4 heteroatoms. The van der Waals surface area contributed by atoms with E-state index < -0.39 is 0 Å². The van der Waals surface area contributed by atoms with Crippen LogP contribution in [-0.2, 0) is 5.41 Å². The van der Waals surface area contributed by atoms with Crippen molar-refractivity contribution in [2.45, 2.75) is 71.1 Å². The second kappa shape index (κ2) is 9.93. The maximum absolute atomic E-state index is 5.56. The molecular weight excluding hydrogens is 379 g/mol. The van der Waals surface area contributed by atoms with Gasteiger partial charge in [0.2, 0.25) is 0 Å². The first-order chi connectivity index (χ1) is 14.8. The van der Waals surface area contributed by atoms with Crippen molar-refractivity contribution in [2.75, 3.05) is 20.2 Å². The number of methoxy groups -OCH3 is 1. The molecule has 1 fully saturated rings. The molecule has 0 amide bonds. The normalized spacial score (nSPS) is 18.5. The average Bonchev–Trinajstić information content (AvgIpc) is 2.78. The zero-order valence-electron chi connectivity index (χ0n) is 20.1. The van der Waals surface area contributed by atoms with Crippen LogP contribution in [0.15, 0.2) is 54.0 Å². The van der Waals surface area contributed by atoms with Gasteiger partial charge in [0.1, 0.15) is 0 Å². The van der Waals surface area contributed by atoms with Crippen LogP contribution in [0.1, 0.15) is 76.8 Å². The van der Waals surface area contributed by atoms with E-state index in [-0.39, 0.29) is 5.41 Å². The molecule has 2 aliphatic rings. The molecule has 0 spiro atoms. The number of hydrogen-bond acceptors (Lipinski definition) is 3. The number of nitrogens with one attached hydrogen (secondary N) is 1. The van der Waals surface area contributed by atoms with E-state index >= 15 is 0 Å². The molecule has 1 aromatic rings. The molecule has 1 saturated heterocycles. The van der Waals surface area contributed by atoms with Crippen LogP contribution in [0.4, 0.5) is 0 Å². The van der Waals surface area contributed by atoms with Crippen molar-refractivity contribution >= 4 is 13.0 Å². The van der Waals surface area contributed by atoms with E-state index in [0.29, 0.717) is 0 Å². The van der Waals surface area contributed by atoms with Gasteiger partial charge in [-0.15, -0.1) is 0 Å². The summed E-state index contributed by atoms with van der Waals surface area (Å²) >= 11 is 0. The zero-order valence-corrected chi connectivity index (χ0v) is 20.1. The number of hydrogen-bond donors (Lipinski definition) is 1. The molecule has 0 atom stereocenters. The topological polar surface area (TPSA) is 24.5 Å². The predicted octanol–water partition coefficient (Wildman–Crippen LogP) is 5.35. The van der Waals surface area contributed by atoms with E-state index in [1.54, 1.807) is 7.11 Å². The first-order valence-corrected chi connectivity index (χ1v) is 11.7. The van der Waals surface area contributed by atoms with Crippen LogP contribution in [0.25, 0.3) is 0 Å². The fraction of sp³-hybridized carbons (Fsp3) is 0.519. The average molecular weight is 418 g/mol. The fourth-order valence-corrected chi connectivity index (χ4v) is 5.27. The maximum atomic E-state index is 5.56. The van der Waals surface area contributed by atoms with Crippen molar-refractivity contribution < 1.29 is 4.74 Å². The van der Waals surface area contributed by atoms with Crippen LogP contribution in [0.2, 0.25) is 0 Å². The van der Waals surface area contributed by atoms with Gasteiger partial charge in [-0.3, -0.25) is 0 Å². The number of benzene rings is 1. The molecule has 0 radical (unpaired) electrons. The minimum atomic E-state index is 0.138. The zero-order chi connectivity index (χ0) is 22.6. The van der Waals surface area contributed by atoms with Gasteiger partial charge in [0, 0.05) is 0 Å². The van der Waals surface area contributed by atoms with Crippen LogP contribution in [0.3, 0.4) is 0 Å². The van der Waals surface area contributed by atoms with Crippen molar-refractivity contribution in [2.24, 2.45) is 0 Å². The van der Waals surface area contributed by atoms with Crippen molar-refractivity contribution in [3.63, 3.8) is 0 Å². The van der Waals surface area contributed by atoms with Gasteiger partial charge in [0.15, 0.2) is 0 Å². The third-order valence-electron chi connectivity index (χ3n) is 7.44. The van der Waals surface area contributed by atoms with E-state index in [1.165, 1.54) is 41.5 Å². The Morgan fingerprint density at radius 2 is 1.87 bits per heavy atom. The summed E-state index contributed by atoms with van der Waals surface area (Å²) in [5.41, 5.74) is 7.81. The molecule has 31 heavy (non-hydrogen) atoms. The van der Waals surface area contributed by atoms with Gasteiger partial charge in [-0.25, -0.2) is 0 Å². The SMILES string of the molecule is B=C(C)c1ccc(OC)cc1C1(CC)CCN(C(=C)NC(=C)C2=C(C)CCCC2)CC1. The van der Waals surface area contributed by atoms with Gasteiger partial charge in [-0.2, -0.15) is 0 Å². The molecule has 0 saturated carbocycles. The molecular formula is C27H39BN2O. The quantitative estimate of drug-likeness (QED) is 0.577. The number of piperidine rings is 1. The van der Waals surface area contributed by atoms with Crippen molar-refractivity contribution in [1.29, 1.82) is 0 Å². The number of ether oxygens (including phenoxy) is 1. The Kier molecular flexibility index (Phi) is 7.51.